The lowest BCUT2D eigenvalue weighted by Gasteiger charge is -2.24. The zero-order valence-electron chi connectivity index (χ0n) is 9.78. The lowest BCUT2D eigenvalue weighted by atomic mass is 9.99. The molecule has 0 radical (unpaired) electrons. The fourth-order valence-corrected chi connectivity index (χ4v) is 1.25. The number of nitrogens with one attached hydrogen (secondary N) is 1. The molecule has 0 aliphatic carbocycles. The van der Waals surface area contributed by atoms with Gasteiger partial charge in [0.15, 0.2) is 5.78 Å². The van der Waals surface area contributed by atoms with Crippen LogP contribution in [0.15, 0.2) is 0 Å². The minimum atomic E-state index is -1.81. The standard InChI is InChI=1S/C10H21NO6/c1-2-11-4-3-6(13)8(15)10(17)9(16)7(14)5-12/h7-12,14-17H,2-5H2,1H3/t7-,8+,9-,10-/m1/s1. The van der Waals surface area contributed by atoms with Crippen LogP contribution in [0.1, 0.15) is 13.3 Å². The Morgan fingerprint density at radius 1 is 1.18 bits per heavy atom. The molecule has 0 aromatic heterocycles. The van der Waals surface area contributed by atoms with Crippen LogP contribution in [0.25, 0.3) is 0 Å². The number of hydrogen-bond acceptors (Lipinski definition) is 7. The molecular weight excluding hydrogens is 230 g/mol. The van der Waals surface area contributed by atoms with E-state index in [2.05, 4.69) is 5.32 Å². The number of carbonyl (C=O) groups is 1. The van der Waals surface area contributed by atoms with Crippen molar-refractivity contribution in [2.24, 2.45) is 0 Å². The molecule has 6 N–H and O–H groups in total. The first-order valence-electron chi connectivity index (χ1n) is 5.52. The van der Waals surface area contributed by atoms with E-state index in [1.165, 1.54) is 0 Å². The van der Waals surface area contributed by atoms with Crippen molar-refractivity contribution in [1.29, 1.82) is 0 Å². The van der Waals surface area contributed by atoms with E-state index in [-0.39, 0.29) is 6.42 Å². The molecule has 0 fully saturated rings. The molecule has 17 heavy (non-hydrogen) atoms. The molecule has 0 heterocycles. The average molecular weight is 251 g/mol. The van der Waals surface area contributed by atoms with Gasteiger partial charge in [0.2, 0.25) is 0 Å². The Labute approximate surface area is 99.7 Å². The first-order chi connectivity index (χ1) is 7.95. The minimum Gasteiger partial charge on any atom is -0.394 e. The summed E-state index contributed by atoms with van der Waals surface area (Å²) in [5.41, 5.74) is 0. The second-order valence-corrected chi connectivity index (χ2v) is 3.75. The zero-order chi connectivity index (χ0) is 13.4. The molecule has 0 spiro atoms. The van der Waals surface area contributed by atoms with Gasteiger partial charge in [-0.05, 0) is 6.54 Å². The van der Waals surface area contributed by atoms with Crippen molar-refractivity contribution in [2.45, 2.75) is 37.8 Å². The van der Waals surface area contributed by atoms with Gasteiger partial charge in [0.05, 0.1) is 6.61 Å². The van der Waals surface area contributed by atoms with E-state index in [0.717, 1.165) is 0 Å². The molecule has 0 aliphatic rings. The van der Waals surface area contributed by atoms with E-state index >= 15 is 0 Å². The van der Waals surface area contributed by atoms with Crippen molar-refractivity contribution >= 4 is 5.78 Å². The Bertz CT molecular complexity index is 225. The van der Waals surface area contributed by atoms with Gasteiger partial charge < -0.3 is 30.8 Å². The molecule has 102 valence electrons. The summed E-state index contributed by atoms with van der Waals surface area (Å²) in [5, 5.41) is 48.6. The van der Waals surface area contributed by atoms with Crippen molar-refractivity contribution < 1.29 is 30.3 Å². The van der Waals surface area contributed by atoms with Crippen LogP contribution in [0, 0.1) is 0 Å². The van der Waals surface area contributed by atoms with E-state index < -0.39 is 36.8 Å². The van der Waals surface area contributed by atoms with Gasteiger partial charge in [0, 0.05) is 13.0 Å². The molecule has 0 amide bonds. The number of rotatable bonds is 9. The predicted octanol–water partition coefficient (Wildman–Crippen LogP) is -3.01. The molecule has 0 aliphatic heterocycles. The molecule has 0 saturated carbocycles. The molecule has 0 rings (SSSR count). The van der Waals surface area contributed by atoms with Gasteiger partial charge in [-0.15, -0.1) is 0 Å². The third-order valence-corrected chi connectivity index (χ3v) is 2.38. The number of aliphatic hydroxyl groups excluding tert-OH is 5. The SMILES string of the molecule is CCNCCC(=O)[C@H](O)[C@@H](O)[C@H](O)[C@H](O)CO. The Morgan fingerprint density at radius 3 is 2.24 bits per heavy atom. The number of Topliss-reactive ketones (excluding diaryl/α,β-unsaturated/α-hetero) is 1. The van der Waals surface area contributed by atoms with Crippen molar-refractivity contribution in [3.05, 3.63) is 0 Å². The molecule has 0 bridgehead atoms. The van der Waals surface area contributed by atoms with Crippen molar-refractivity contribution in [3.63, 3.8) is 0 Å². The Balaban J connectivity index is 4.18. The largest absolute Gasteiger partial charge is 0.394 e. The second-order valence-electron chi connectivity index (χ2n) is 3.75. The minimum absolute atomic E-state index is 0.00794. The normalized spacial score (nSPS) is 18.5. The van der Waals surface area contributed by atoms with Crippen LogP contribution < -0.4 is 5.32 Å². The van der Waals surface area contributed by atoms with E-state index in [4.69, 9.17) is 10.2 Å². The topological polar surface area (TPSA) is 130 Å². The third kappa shape index (κ3) is 5.53. The Hall–Kier alpha value is -0.570. The van der Waals surface area contributed by atoms with Crippen LogP contribution in [0.4, 0.5) is 0 Å². The summed E-state index contributed by atoms with van der Waals surface area (Å²) in [6.07, 6.45) is -6.94. The molecule has 7 nitrogen and oxygen atoms in total. The van der Waals surface area contributed by atoms with Crippen LogP contribution in [0.3, 0.4) is 0 Å². The monoisotopic (exact) mass is 251 g/mol. The molecular formula is C10H21NO6. The fraction of sp³-hybridized carbons (Fsp3) is 0.900. The van der Waals surface area contributed by atoms with Gasteiger partial charge in [0.25, 0.3) is 0 Å². The Morgan fingerprint density at radius 2 is 1.76 bits per heavy atom. The van der Waals surface area contributed by atoms with Gasteiger partial charge >= 0.3 is 0 Å². The van der Waals surface area contributed by atoms with Crippen molar-refractivity contribution in [3.8, 4) is 0 Å². The third-order valence-electron chi connectivity index (χ3n) is 2.38. The summed E-state index contributed by atoms with van der Waals surface area (Å²) in [5.74, 6) is -0.636. The average Bonchev–Trinajstić information content (AvgIpc) is 2.35. The molecule has 4 atom stereocenters. The molecule has 0 aromatic rings. The Kier molecular flexibility index (Phi) is 8.23. The van der Waals surface area contributed by atoms with E-state index in [1.807, 2.05) is 6.92 Å². The maximum atomic E-state index is 11.4. The smallest absolute Gasteiger partial charge is 0.165 e. The van der Waals surface area contributed by atoms with Crippen LogP contribution in [-0.4, -0.2) is 75.4 Å². The number of ketones is 1. The second kappa shape index (κ2) is 8.51. The summed E-state index contributed by atoms with van der Waals surface area (Å²) in [7, 11) is 0. The van der Waals surface area contributed by atoms with Crippen LogP contribution >= 0.6 is 0 Å². The van der Waals surface area contributed by atoms with Gasteiger partial charge in [-0.2, -0.15) is 0 Å². The summed E-state index contributed by atoms with van der Waals surface area (Å²) in [4.78, 5) is 11.4. The molecule has 0 saturated heterocycles. The molecule has 0 unspecified atom stereocenters. The zero-order valence-corrected chi connectivity index (χ0v) is 9.78. The van der Waals surface area contributed by atoms with Gasteiger partial charge in [0.1, 0.15) is 24.4 Å². The molecule has 7 heteroatoms. The van der Waals surface area contributed by atoms with Gasteiger partial charge in [-0.1, -0.05) is 6.92 Å². The first-order valence-corrected chi connectivity index (χ1v) is 5.52. The maximum absolute atomic E-state index is 11.4. The highest BCUT2D eigenvalue weighted by Crippen LogP contribution is 2.07. The lowest BCUT2D eigenvalue weighted by molar-refractivity contribution is -0.146. The highest BCUT2D eigenvalue weighted by atomic mass is 16.4. The van der Waals surface area contributed by atoms with E-state index in [1.54, 1.807) is 0 Å². The fourth-order valence-electron chi connectivity index (χ4n) is 1.25. The lowest BCUT2D eigenvalue weighted by Crippen LogP contribution is -2.49. The van der Waals surface area contributed by atoms with Crippen molar-refractivity contribution in [2.75, 3.05) is 19.7 Å². The maximum Gasteiger partial charge on any atom is 0.165 e. The van der Waals surface area contributed by atoms with Crippen LogP contribution in [-0.2, 0) is 4.79 Å². The summed E-state index contributed by atoms with van der Waals surface area (Å²) in [6, 6.07) is 0. The molecule has 0 aromatic carbocycles. The van der Waals surface area contributed by atoms with E-state index in [0.29, 0.717) is 13.1 Å². The highest BCUT2D eigenvalue weighted by molar-refractivity contribution is 5.83. The summed E-state index contributed by atoms with van der Waals surface area (Å²) in [6.45, 7) is 2.13. The number of carbonyl (C=O) groups excluding carboxylic acids is 1. The van der Waals surface area contributed by atoms with Crippen LogP contribution in [0.5, 0.6) is 0 Å². The highest BCUT2D eigenvalue weighted by Gasteiger charge is 2.33. The number of hydrogen-bond donors (Lipinski definition) is 6. The quantitative estimate of drug-likeness (QED) is 0.241. The number of aliphatic hydroxyl groups is 5. The van der Waals surface area contributed by atoms with E-state index in [9.17, 15) is 20.1 Å². The predicted molar refractivity (Wildman–Crippen MR) is 59.3 cm³/mol. The summed E-state index contributed by atoms with van der Waals surface area (Å²) >= 11 is 0. The first kappa shape index (κ1) is 16.4. The van der Waals surface area contributed by atoms with Gasteiger partial charge in [-0.25, -0.2) is 0 Å². The van der Waals surface area contributed by atoms with Crippen molar-refractivity contribution in [1.82, 2.24) is 5.32 Å². The van der Waals surface area contributed by atoms with Gasteiger partial charge in [-0.3, -0.25) is 4.79 Å². The van der Waals surface area contributed by atoms with Crippen LogP contribution in [0.2, 0.25) is 0 Å². The summed E-state index contributed by atoms with van der Waals surface area (Å²) < 4.78 is 0.